The van der Waals surface area contributed by atoms with E-state index >= 15 is 0 Å². The summed E-state index contributed by atoms with van der Waals surface area (Å²) < 4.78 is 31.4. The Bertz CT molecular complexity index is 534. The van der Waals surface area contributed by atoms with Crippen LogP contribution in [0.4, 0.5) is 8.78 Å². The lowest BCUT2D eigenvalue weighted by Crippen LogP contribution is -2.08. The lowest BCUT2D eigenvalue weighted by molar-refractivity contribution is 0.0814. The molecule has 5 heteroatoms. The van der Waals surface area contributed by atoms with E-state index in [-0.39, 0.29) is 0 Å². The zero-order chi connectivity index (χ0) is 11.8. The van der Waals surface area contributed by atoms with Crippen molar-refractivity contribution in [1.82, 2.24) is 9.38 Å². The first-order valence-corrected chi connectivity index (χ1v) is 5.61. The van der Waals surface area contributed by atoms with Gasteiger partial charge in [0.25, 0.3) is 6.43 Å². The maximum atomic E-state index is 12.2. The molecule has 0 unspecified atom stereocenters. The molecule has 1 aliphatic carbocycles. The minimum absolute atomic E-state index is 0.453. The zero-order valence-corrected chi connectivity index (χ0v) is 9.14. The molecule has 17 heavy (non-hydrogen) atoms. The molecule has 3 nitrogen and oxygen atoms in total. The van der Waals surface area contributed by atoms with Gasteiger partial charge in [-0.25, -0.2) is 13.8 Å². The van der Waals surface area contributed by atoms with E-state index in [9.17, 15) is 8.78 Å². The number of alkyl halides is 2. The highest BCUT2D eigenvalue weighted by Gasteiger charge is 2.28. The Morgan fingerprint density at radius 1 is 1.47 bits per heavy atom. The van der Waals surface area contributed by atoms with Crippen molar-refractivity contribution < 1.29 is 13.5 Å². The van der Waals surface area contributed by atoms with Crippen LogP contribution >= 0.6 is 0 Å². The summed E-state index contributed by atoms with van der Waals surface area (Å²) in [5.74, 6) is 1.00. The van der Waals surface area contributed by atoms with Crippen molar-refractivity contribution in [2.24, 2.45) is 0 Å². The summed E-state index contributed by atoms with van der Waals surface area (Å²) in [6.07, 6.45) is 5.22. The fourth-order valence-corrected chi connectivity index (χ4v) is 1.94. The number of fused-ring (bicyclic) bond motifs is 1. The molecule has 3 rings (SSSR count). The van der Waals surface area contributed by atoms with Gasteiger partial charge in [0.2, 0.25) is 0 Å². The monoisotopic (exact) mass is 238 g/mol. The Hall–Kier alpha value is -1.65. The van der Waals surface area contributed by atoms with Crippen molar-refractivity contribution in [1.29, 1.82) is 0 Å². The molecule has 0 amide bonds. The molecule has 2 aromatic rings. The standard InChI is InChI=1S/C12H12F2N2O/c13-11(14)7-17-10-5-12-15-3-4-16(12)6-9(10)8-1-2-8/h3-6,8,11H,1-2,7H2. The number of imidazole rings is 1. The summed E-state index contributed by atoms with van der Waals surface area (Å²) in [4.78, 5) is 4.12. The number of rotatable bonds is 4. The van der Waals surface area contributed by atoms with Crippen LogP contribution in [0.3, 0.4) is 0 Å². The van der Waals surface area contributed by atoms with Crippen LogP contribution in [0.1, 0.15) is 24.3 Å². The van der Waals surface area contributed by atoms with Gasteiger partial charge < -0.3 is 9.14 Å². The second-order valence-corrected chi connectivity index (χ2v) is 4.26. The van der Waals surface area contributed by atoms with Gasteiger partial charge in [0.15, 0.2) is 0 Å². The first kappa shape index (κ1) is 10.5. The highest BCUT2D eigenvalue weighted by molar-refractivity contribution is 5.50. The smallest absolute Gasteiger partial charge is 0.272 e. The first-order valence-electron chi connectivity index (χ1n) is 5.61. The summed E-state index contributed by atoms with van der Waals surface area (Å²) in [7, 11) is 0. The molecule has 0 spiro atoms. The van der Waals surface area contributed by atoms with Gasteiger partial charge in [0.05, 0.1) is 0 Å². The van der Waals surface area contributed by atoms with Gasteiger partial charge in [-0.05, 0) is 18.8 Å². The van der Waals surface area contributed by atoms with Gasteiger partial charge in [-0.2, -0.15) is 0 Å². The summed E-state index contributed by atoms with van der Waals surface area (Å²) in [5.41, 5.74) is 1.73. The molecular formula is C12H12F2N2O. The fourth-order valence-electron chi connectivity index (χ4n) is 1.94. The summed E-state index contributed by atoms with van der Waals surface area (Å²) in [6.45, 7) is -0.559. The maximum absolute atomic E-state index is 12.2. The van der Waals surface area contributed by atoms with Crippen molar-refractivity contribution in [3.8, 4) is 5.75 Å². The molecule has 1 aliphatic rings. The van der Waals surface area contributed by atoms with Crippen LogP contribution in [0.5, 0.6) is 5.75 Å². The van der Waals surface area contributed by atoms with Crippen LogP contribution < -0.4 is 4.74 Å². The SMILES string of the molecule is FC(F)COc1cc2nccn2cc1C1CC1. The third-order valence-electron chi connectivity index (χ3n) is 2.90. The second kappa shape index (κ2) is 3.98. The summed E-state index contributed by atoms with van der Waals surface area (Å²) in [5, 5.41) is 0. The molecular weight excluding hydrogens is 226 g/mol. The predicted octanol–water partition coefficient (Wildman–Crippen LogP) is 2.86. The minimum atomic E-state index is -2.45. The molecule has 2 aromatic heterocycles. The van der Waals surface area contributed by atoms with Crippen LogP contribution in [-0.2, 0) is 0 Å². The van der Waals surface area contributed by atoms with Gasteiger partial charge in [-0.15, -0.1) is 0 Å². The Morgan fingerprint density at radius 2 is 2.29 bits per heavy atom. The Morgan fingerprint density at radius 3 is 3.00 bits per heavy atom. The van der Waals surface area contributed by atoms with E-state index in [0.717, 1.165) is 24.1 Å². The van der Waals surface area contributed by atoms with E-state index in [1.165, 1.54) is 0 Å². The van der Waals surface area contributed by atoms with Gasteiger partial charge in [-0.1, -0.05) is 0 Å². The fraction of sp³-hybridized carbons (Fsp3) is 0.417. The van der Waals surface area contributed by atoms with Crippen molar-refractivity contribution >= 4 is 5.65 Å². The van der Waals surface area contributed by atoms with E-state index in [1.807, 2.05) is 16.8 Å². The second-order valence-electron chi connectivity index (χ2n) is 4.26. The van der Waals surface area contributed by atoms with E-state index in [0.29, 0.717) is 11.7 Å². The molecule has 0 atom stereocenters. The molecule has 0 saturated heterocycles. The molecule has 1 saturated carbocycles. The molecule has 1 fully saturated rings. The third kappa shape index (κ3) is 2.09. The van der Waals surface area contributed by atoms with E-state index in [2.05, 4.69) is 4.98 Å². The summed E-state index contributed by atoms with van der Waals surface area (Å²) in [6, 6.07) is 1.73. The number of hydrogen-bond donors (Lipinski definition) is 0. The van der Waals surface area contributed by atoms with Crippen LogP contribution in [0.2, 0.25) is 0 Å². The van der Waals surface area contributed by atoms with Gasteiger partial charge in [0, 0.05) is 30.2 Å². The molecule has 0 bridgehead atoms. The van der Waals surface area contributed by atoms with E-state index in [4.69, 9.17) is 4.74 Å². The molecule has 0 radical (unpaired) electrons. The number of hydrogen-bond acceptors (Lipinski definition) is 2. The van der Waals surface area contributed by atoms with Gasteiger partial charge in [0.1, 0.15) is 18.0 Å². The lowest BCUT2D eigenvalue weighted by Gasteiger charge is -2.11. The molecule has 0 N–H and O–H groups in total. The van der Waals surface area contributed by atoms with Crippen molar-refractivity contribution in [3.05, 3.63) is 30.2 Å². The average molecular weight is 238 g/mol. The molecule has 0 aromatic carbocycles. The number of ether oxygens (including phenoxy) is 1. The van der Waals surface area contributed by atoms with Crippen LogP contribution in [-0.4, -0.2) is 22.4 Å². The van der Waals surface area contributed by atoms with Crippen molar-refractivity contribution in [3.63, 3.8) is 0 Å². The topological polar surface area (TPSA) is 26.5 Å². The largest absolute Gasteiger partial charge is 0.487 e. The number of nitrogens with zero attached hydrogens (tertiary/aromatic N) is 2. The quantitative estimate of drug-likeness (QED) is 0.818. The lowest BCUT2D eigenvalue weighted by atomic mass is 10.1. The van der Waals surface area contributed by atoms with Gasteiger partial charge >= 0.3 is 0 Å². The van der Waals surface area contributed by atoms with Crippen LogP contribution in [0.15, 0.2) is 24.7 Å². The zero-order valence-electron chi connectivity index (χ0n) is 9.14. The van der Waals surface area contributed by atoms with Crippen LogP contribution in [0.25, 0.3) is 5.65 Å². The number of pyridine rings is 1. The normalized spacial score (nSPS) is 15.7. The Kier molecular flexibility index (Phi) is 2.46. The minimum Gasteiger partial charge on any atom is -0.487 e. The van der Waals surface area contributed by atoms with Crippen molar-refractivity contribution in [2.75, 3.05) is 6.61 Å². The Balaban J connectivity index is 1.97. The maximum Gasteiger partial charge on any atom is 0.272 e. The summed E-state index contributed by atoms with van der Waals surface area (Å²) >= 11 is 0. The number of aromatic nitrogens is 2. The first-order chi connectivity index (χ1) is 8.24. The van der Waals surface area contributed by atoms with E-state index < -0.39 is 13.0 Å². The van der Waals surface area contributed by atoms with Crippen LogP contribution in [0, 0.1) is 0 Å². The highest BCUT2D eigenvalue weighted by Crippen LogP contribution is 2.44. The molecule has 2 heterocycles. The van der Waals surface area contributed by atoms with Gasteiger partial charge in [-0.3, -0.25) is 0 Å². The Labute approximate surface area is 97.0 Å². The number of halogens is 2. The molecule has 0 aliphatic heterocycles. The van der Waals surface area contributed by atoms with E-state index in [1.54, 1.807) is 12.3 Å². The predicted molar refractivity (Wildman–Crippen MR) is 58.7 cm³/mol. The molecule has 90 valence electrons. The average Bonchev–Trinajstić information content (AvgIpc) is 3.04. The third-order valence-corrected chi connectivity index (χ3v) is 2.90. The highest BCUT2D eigenvalue weighted by atomic mass is 19.3. The van der Waals surface area contributed by atoms with Crippen molar-refractivity contribution in [2.45, 2.75) is 25.2 Å².